The van der Waals surface area contributed by atoms with Crippen molar-refractivity contribution in [3.8, 4) is 0 Å². The van der Waals surface area contributed by atoms with E-state index in [0.29, 0.717) is 17.1 Å². The molecule has 8 atom stereocenters. The third-order valence-electron chi connectivity index (χ3n) is 8.88. The van der Waals surface area contributed by atoms with Crippen LogP contribution < -0.4 is 0 Å². The molecule has 2 bridgehead atoms. The molecule has 2 fully saturated rings. The molecule has 170 valence electrons. The normalized spacial score (nSPS) is 45.6. The predicted molar refractivity (Wildman–Crippen MR) is 115 cm³/mol. The number of aliphatic hydroxyl groups is 3. The summed E-state index contributed by atoms with van der Waals surface area (Å²) in [6, 6.07) is 0. The number of hydrogen-bond acceptors (Lipinski definition) is 6. The van der Waals surface area contributed by atoms with E-state index in [-0.39, 0.29) is 28.6 Å². The Morgan fingerprint density at radius 3 is 2.58 bits per heavy atom. The van der Waals surface area contributed by atoms with Crippen LogP contribution in [0.25, 0.3) is 0 Å². The molecule has 0 aromatic rings. The van der Waals surface area contributed by atoms with Crippen molar-refractivity contribution < 1.29 is 29.6 Å². The van der Waals surface area contributed by atoms with Crippen LogP contribution in [0.2, 0.25) is 0 Å². The zero-order valence-electron chi connectivity index (χ0n) is 19.2. The lowest BCUT2D eigenvalue weighted by molar-refractivity contribution is -0.201. The van der Waals surface area contributed by atoms with Gasteiger partial charge in [0, 0.05) is 11.5 Å². The first kappa shape index (κ1) is 22.4. The quantitative estimate of drug-likeness (QED) is 0.361. The van der Waals surface area contributed by atoms with Gasteiger partial charge in [0.1, 0.15) is 6.10 Å². The Kier molecular flexibility index (Phi) is 4.97. The van der Waals surface area contributed by atoms with Crippen LogP contribution in [0.3, 0.4) is 0 Å². The zero-order valence-corrected chi connectivity index (χ0v) is 19.2. The number of Topliss-reactive ketones (excluding diaryl/α,β-unsaturated/α-hetero) is 1. The highest BCUT2D eigenvalue weighted by Gasteiger charge is 2.76. The molecule has 0 amide bonds. The summed E-state index contributed by atoms with van der Waals surface area (Å²) in [6.45, 7) is 10.8. The standard InChI is InChI=1S/C25H34O6/c1-7-12(2)22(29)31-21-13(3)10-24-14(4)8-17-18(23(17,5)6)16(20(24)28)9-15(11-26)19(27)25(21,24)30/h7,9-10,14,16-19,21,26-27,30H,8,11H2,1-6H3/b12-7-/t14?,16?,17?,18-,19?,21-,24?,25?/m0/s1. The van der Waals surface area contributed by atoms with Gasteiger partial charge in [-0.1, -0.05) is 39.0 Å². The van der Waals surface area contributed by atoms with E-state index in [1.807, 2.05) is 6.92 Å². The molecule has 6 heteroatoms. The number of aliphatic hydroxyl groups excluding tert-OH is 2. The molecule has 3 N–H and O–H groups in total. The summed E-state index contributed by atoms with van der Waals surface area (Å²) < 4.78 is 5.72. The van der Waals surface area contributed by atoms with Gasteiger partial charge >= 0.3 is 5.97 Å². The average molecular weight is 431 g/mol. The molecular formula is C25H34O6. The van der Waals surface area contributed by atoms with Gasteiger partial charge in [-0.05, 0) is 61.5 Å². The lowest BCUT2D eigenvalue weighted by atomic mass is 9.59. The van der Waals surface area contributed by atoms with Gasteiger partial charge in [-0.2, -0.15) is 0 Å². The fourth-order valence-electron chi connectivity index (χ4n) is 6.91. The number of allylic oxidation sites excluding steroid dienone is 2. The van der Waals surface area contributed by atoms with E-state index in [1.54, 1.807) is 39.0 Å². The number of rotatable bonds is 3. The van der Waals surface area contributed by atoms with Crippen molar-refractivity contribution in [2.45, 2.75) is 65.8 Å². The molecule has 0 saturated heterocycles. The van der Waals surface area contributed by atoms with Crippen molar-refractivity contribution in [1.29, 1.82) is 0 Å². The lowest BCUT2D eigenvalue weighted by Gasteiger charge is -2.48. The van der Waals surface area contributed by atoms with Crippen LogP contribution in [0.15, 0.2) is 34.9 Å². The van der Waals surface area contributed by atoms with Crippen molar-refractivity contribution in [2.24, 2.45) is 34.5 Å². The Balaban J connectivity index is 1.91. The first-order valence-electron chi connectivity index (χ1n) is 11.2. The highest BCUT2D eigenvalue weighted by atomic mass is 16.6. The van der Waals surface area contributed by atoms with Crippen LogP contribution in [0.1, 0.15) is 48.0 Å². The third kappa shape index (κ3) is 2.61. The first-order chi connectivity index (χ1) is 14.4. The van der Waals surface area contributed by atoms with Crippen molar-refractivity contribution in [2.75, 3.05) is 6.61 Å². The SMILES string of the molecule is C/C=C(/C)C(=O)O[C@H]1C(C)=CC23C(=O)C(C=C(CO)C(O)C12O)[C@H]1C(CC3C)C1(C)C. The smallest absolute Gasteiger partial charge is 0.334 e. The molecule has 4 aliphatic carbocycles. The Morgan fingerprint density at radius 1 is 1.35 bits per heavy atom. The van der Waals surface area contributed by atoms with E-state index in [4.69, 9.17) is 4.74 Å². The van der Waals surface area contributed by atoms with Crippen molar-refractivity contribution in [1.82, 2.24) is 0 Å². The number of carbonyl (C=O) groups is 2. The Morgan fingerprint density at radius 2 is 2.00 bits per heavy atom. The van der Waals surface area contributed by atoms with Gasteiger partial charge in [0.05, 0.1) is 12.0 Å². The van der Waals surface area contributed by atoms with Crippen LogP contribution in [0.4, 0.5) is 0 Å². The maximum absolute atomic E-state index is 14.2. The molecule has 6 unspecified atom stereocenters. The van der Waals surface area contributed by atoms with Crippen molar-refractivity contribution in [3.05, 3.63) is 34.9 Å². The van der Waals surface area contributed by atoms with E-state index < -0.39 is 41.7 Å². The second kappa shape index (κ2) is 6.87. The van der Waals surface area contributed by atoms with Crippen molar-refractivity contribution in [3.63, 3.8) is 0 Å². The first-order valence-corrected chi connectivity index (χ1v) is 11.2. The molecule has 0 aliphatic heterocycles. The fourth-order valence-corrected chi connectivity index (χ4v) is 6.91. The highest BCUT2D eigenvalue weighted by Crippen LogP contribution is 2.71. The number of carbonyl (C=O) groups excluding carboxylic acids is 2. The fraction of sp³-hybridized carbons (Fsp3) is 0.680. The van der Waals surface area contributed by atoms with Crippen LogP contribution in [-0.2, 0) is 14.3 Å². The van der Waals surface area contributed by atoms with Gasteiger partial charge in [-0.3, -0.25) is 4.79 Å². The highest BCUT2D eigenvalue weighted by molar-refractivity contribution is 5.96. The molecule has 0 aromatic heterocycles. The topological polar surface area (TPSA) is 104 Å². The van der Waals surface area contributed by atoms with Crippen LogP contribution in [-0.4, -0.2) is 51.5 Å². The van der Waals surface area contributed by atoms with Crippen molar-refractivity contribution >= 4 is 11.8 Å². The molecule has 0 heterocycles. The number of fused-ring (bicyclic) bond motifs is 3. The number of esters is 1. The summed E-state index contributed by atoms with van der Waals surface area (Å²) >= 11 is 0. The van der Waals surface area contributed by atoms with Crippen LogP contribution in [0, 0.1) is 34.5 Å². The average Bonchev–Trinajstić information content (AvgIpc) is 3.21. The number of hydrogen-bond donors (Lipinski definition) is 3. The summed E-state index contributed by atoms with van der Waals surface area (Å²) in [5, 5.41) is 33.7. The molecule has 1 spiro atoms. The molecule has 2 saturated carbocycles. The van der Waals surface area contributed by atoms with Gasteiger partial charge in [0.25, 0.3) is 0 Å². The summed E-state index contributed by atoms with van der Waals surface area (Å²) in [6.07, 6.45) is 3.04. The molecular weight excluding hydrogens is 396 g/mol. The van der Waals surface area contributed by atoms with Crippen LogP contribution in [0.5, 0.6) is 0 Å². The maximum Gasteiger partial charge on any atom is 0.334 e. The summed E-state index contributed by atoms with van der Waals surface area (Å²) in [5.74, 6) is -1.13. The largest absolute Gasteiger partial charge is 0.451 e. The monoisotopic (exact) mass is 430 g/mol. The lowest BCUT2D eigenvalue weighted by Crippen LogP contribution is -2.65. The molecule has 4 aliphatic rings. The maximum atomic E-state index is 14.2. The molecule has 4 rings (SSSR count). The summed E-state index contributed by atoms with van der Waals surface area (Å²) in [4.78, 5) is 26.8. The Hall–Kier alpha value is -1.76. The molecule has 0 radical (unpaired) electrons. The van der Waals surface area contributed by atoms with E-state index in [9.17, 15) is 24.9 Å². The minimum absolute atomic E-state index is 0.0209. The molecule has 31 heavy (non-hydrogen) atoms. The van der Waals surface area contributed by atoms with E-state index in [2.05, 4.69) is 13.8 Å². The Labute approximate surface area is 183 Å². The van der Waals surface area contributed by atoms with E-state index in [1.165, 1.54) is 0 Å². The van der Waals surface area contributed by atoms with E-state index >= 15 is 0 Å². The molecule has 6 nitrogen and oxygen atoms in total. The van der Waals surface area contributed by atoms with Gasteiger partial charge in [-0.15, -0.1) is 0 Å². The minimum Gasteiger partial charge on any atom is -0.451 e. The summed E-state index contributed by atoms with van der Waals surface area (Å²) in [7, 11) is 0. The Bertz CT molecular complexity index is 926. The van der Waals surface area contributed by atoms with Gasteiger partial charge < -0.3 is 20.1 Å². The van der Waals surface area contributed by atoms with Gasteiger partial charge in [0.2, 0.25) is 0 Å². The zero-order chi connectivity index (χ0) is 23.1. The second-order valence-corrected chi connectivity index (χ2v) is 10.6. The molecule has 0 aromatic carbocycles. The number of ketones is 1. The third-order valence-corrected chi connectivity index (χ3v) is 8.88. The minimum atomic E-state index is -2.08. The van der Waals surface area contributed by atoms with Gasteiger partial charge in [-0.25, -0.2) is 4.79 Å². The number of ether oxygens (including phenoxy) is 1. The van der Waals surface area contributed by atoms with Gasteiger partial charge in [0.15, 0.2) is 17.5 Å². The van der Waals surface area contributed by atoms with Crippen LogP contribution >= 0.6 is 0 Å². The second-order valence-electron chi connectivity index (χ2n) is 10.6. The summed E-state index contributed by atoms with van der Waals surface area (Å²) in [5.41, 5.74) is -2.36. The predicted octanol–water partition coefficient (Wildman–Crippen LogP) is 2.33. The van der Waals surface area contributed by atoms with E-state index in [0.717, 1.165) is 6.42 Å².